The Morgan fingerprint density at radius 2 is 2.00 bits per heavy atom. The molecule has 0 amide bonds. The number of aromatic nitrogens is 4. The smallest absolute Gasteiger partial charge is 0.368 e. The van der Waals surface area contributed by atoms with Crippen LogP contribution in [0.2, 0.25) is 0 Å². The Kier molecular flexibility index (Phi) is 5.54. The summed E-state index contributed by atoms with van der Waals surface area (Å²) in [5, 5.41) is 7.40. The normalized spacial score (nSPS) is 11.2. The summed E-state index contributed by atoms with van der Waals surface area (Å²) in [7, 11) is 1.43. The quantitative estimate of drug-likeness (QED) is 0.599. The molecule has 0 N–H and O–H groups in total. The van der Waals surface area contributed by atoms with Gasteiger partial charge in [-0.15, -0.1) is 0 Å². The minimum absolute atomic E-state index is 0.154. The van der Waals surface area contributed by atoms with Crippen LogP contribution < -0.4 is 10.4 Å². The molecule has 0 spiro atoms. The number of hydrogen-bond donors (Lipinski definition) is 0. The van der Waals surface area contributed by atoms with E-state index in [1.165, 1.54) is 31.3 Å². The highest BCUT2D eigenvalue weighted by molar-refractivity contribution is 7.99. The number of rotatable bonds is 6. The average molecular weight is 396 g/mol. The van der Waals surface area contributed by atoms with Crippen LogP contribution in [0.4, 0.5) is 13.2 Å². The number of nitrogens with zero attached hydrogens (tertiary/aromatic N) is 4. The lowest BCUT2D eigenvalue weighted by atomic mass is 10.2. The number of halogens is 3. The van der Waals surface area contributed by atoms with Crippen molar-refractivity contribution in [3.63, 3.8) is 0 Å². The van der Waals surface area contributed by atoms with Crippen LogP contribution in [0.3, 0.4) is 0 Å². The van der Waals surface area contributed by atoms with Crippen LogP contribution >= 0.6 is 11.8 Å². The molecule has 3 aromatic rings. The molecule has 27 heavy (non-hydrogen) atoms. The second-order valence-corrected chi connectivity index (χ2v) is 6.66. The van der Waals surface area contributed by atoms with Gasteiger partial charge in [-0.05, 0) is 41.1 Å². The molecule has 10 heteroatoms. The highest BCUT2D eigenvalue weighted by Crippen LogP contribution is 2.32. The highest BCUT2D eigenvalue weighted by Gasteiger charge is 2.18. The molecule has 0 unspecified atom stereocenters. The third-order valence-electron chi connectivity index (χ3n) is 3.80. The van der Waals surface area contributed by atoms with E-state index in [4.69, 9.17) is 4.74 Å². The van der Waals surface area contributed by atoms with Crippen molar-refractivity contribution in [1.82, 2.24) is 19.8 Å². The standard InChI is InChI=1S/C17H15F3N4O2S/c1-10-6-7-11(18)8-14(10)26-9-12-13(24-17(25)23(2)21-22-24)4-3-5-15(12)27-16(19)20/h3-8,16H,9H2,1-2H3. The van der Waals surface area contributed by atoms with Gasteiger partial charge < -0.3 is 4.74 Å². The molecule has 142 valence electrons. The summed E-state index contributed by atoms with van der Waals surface area (Å²) < 4.78 is 47.1. The lowest BCUT2D eigenvalue weighted by Gasteiger charge is -2.15. The maximum atomic E-state index is 13.5. The van der Waals surface area contributed by atoms with E-state index >= 15 is 0 Å². The summed E-state index contributed by atoms with van der Waals surface area (Å²) in [5.74, 6) is -2.85. The largest absolute Gasteiger partial charge is 0.488 e. The van der Waals surface area contributed by atoms with Crippen LogP contribution in [0, 0.1) is 12.7 Å². The molecule has 2 aromatic carbocycles. The van der Waals surface area contributed by atoms with Crippen molar-refractivity contribution >= 4 is 11.8 Å². The Hall–Kier alpha value is -2.75. The van der Waals surface area contributed by atoms with Crippen molar-refractivity contribution in [2.45, 2.75) is 24.2 Å². The molecule has 0 aliphatic carbocycles. The van der Waals surface area contributed by atoms with Gasteiger partial charge in [0.05, 0.1) is 5.69 Å². The first-order valence-electron chi connectivity index (χ1n) is 7.82. The Labute approximate surface area is 156 Å². The first-order chi connectivity index (χ1) is 12.9. The fourth-order valence-corrected chi connectivity index (χ4v) is 3.10. The Morgan fingerprint density at radius 1 is 1.22 bits per heavy atom. The van der Waals surface area contributed by atoms with Crippen LogP contribution in [0.25, 0.3) is 5.69 Å². The van der Waals surface area contributed by atoms with Gasteiger partial charge in [0.15, 0.2) is 0 Å². The van der Waals surface area contributed by atoms with E-state index in [-0.39, 0.29) is 22.9 Å². The number of aryl methyl sites for hydroxylation is 2. The number of ether oxygens (including phenoxy) is 1. The molecule has 0 saturated carbocycles. The predicted molar refractivity (Wildman–Crippen MR) is 93.9 cm³/mol. The topological polar surface area (TPSA) is 61.9 Å². The van der Waals surface area contributed by atoms with E-state index in [1.54, 1.807) is 19.1 Å². The molecule has 0 bridgehead atoms. The molecule has 6 nitrogen and oxygen atoms in total. The van der Waals surface area contributed by atoms with Crippen LogP contribution in [0.5, 0.6) is 5.75 Å². The fraction of sp³-hybridized carbons (Fsp3) is 0.235. The van der Waals surface area contributed by atoms with Crippen LogP contribution in [0.1, 0.15) is 11.1 Å². The second kappa shape index (κ2) is 7.87. The van der Waals surface area contributed by atoms with Crippen molar-refractivity contribution in [2.24, 2.45) is 7.05 Å². The third-order valence-corrected chi connectivity index (χ3v) is 4.61. The predicted octanol–water partition coefficient (Wildman–Crippen LogP) is 3.31. The zero-order chi connectivity index (χ0) is 19.6. The summed E-state index contributed by atoms with van der Waals surface area (Å²) in [6.45, 7) is 1.58. The van der Waals surface area contributed by atoms with Gasteiger partial charge in [-0.3, -0.25) is 0 Å². The summed E-state index contributed by atoms with van der Waals surface area (Å²) in [6.07, 6.45) is 0. The van der Waals surface area contributed by atoms with Crippen molar-refractivity contribution in [3.8, 4) is 11.4 Å². The molecule has 0 atom stereocenters. The first kappa shape index (κ1) is 19.0. The fourth-order valence-electron chi connectivity index (χ4n) is 2.45. The summed E-state index contributed by atoms with van der Waals surface area (Å²) >= 11 is 0.331. The minimum Gasteiger partial charge on any atom is -0.488 e. The summed E-state index contributed by atoms with van der Waals surface area (Å²) in [5.41, 5.74) is 0.757. The van der Waals surface area contributed by atoms with Crippen LogP contribution in [-0.2, 0) is 13.7 Å². The molecule has 1 aromatic heterocycles. The molecule has 0 fully saturated rings. The summed E-state index contributed by atoms with van der Waals surface area (Å²) in [4.78, 5) is 12.4. The Balaban J connectivity index is 2.04. The minimum atomic E-state index is -2.66. The van der Waals surface area contributed by atoms with Gasteiger partial charge >= 0.3 is 5.69 Å². The number of tetrazole rings is 1. The second-order valence-electron chi connectivity index (χ2n) is 5.63. The van der Waals surface area contributed by atoms with Gasteiger partial charge in [-0.25, -0.2) is 9.18 Å². The van der Waals surface area contributed by atoms with Crippen molar-refractivity contribution in [1.29, 1.82) is 0 Å². The zero-order valence-electron chi connectivity index (χ0n) is 14.4. The number of benzene rings is 2. The van der Waals surface area contributed by atoms with Gasteiger partial charge in [-0.1, -0.05) is 23.9 Å². The molecule has 0 saturated heterocycles. The lowest BCUT2D eigenvalue weighted by Crippen LogP contribution is -2.23. The Bertz CT molecular complexity index is 1020. The number of hydrogen-bond acceptors (Lipinski definition) is 5. The molecule has 1 heterocycles. The highest BCUT2D eigenvalue weighted by atomic mass is 32.2. The SMILES string of the molecule is Cc1ccc(F)cc1OCc1c(SC(F)F)cccc1-n1nnn(C)c1=O. The molecular weight excluding hydrogens is 381 g/mol. The first-order valence-corrected chi connectivity index (χ1v) is 8.70. The summed E-state index contributed by atoms with van der Waals surface area (Å²) in [6, 6.07) is 8.66. The monoisotopic (exact) mass is 396 g/mol. The molecule has 0 aliphatic heterocycles. The van der Waals surface area contributed by atoms with Crippen molar-refractivity contribution in [2.75, 3.05) is 0 Å². The van der Waals surface area contributed by atoms with E-state index in [9.17, 15) is 18.0 Å². The lowest BCUT2D eigenvalue weighted by molar-refractivity contribution is 0.251. The number of alkyl halides is 2. The number of thioether (sulfide) groups is 1. The van der Waals surface area contributed by atoms with Gasteiger partial charge in [0.2, 0.25) is 0 Å². The Morgan fingerprint density at radius 3 is 2.67 bits per heavy atom. The zero-order valence-corrected chi connectivity index (χ0v) is 15.2. The van der Waals surface area contributed by atoms with Gasteiger partial charge in [0, 0.05) is 23.6 Å². The van der Waals surface area contributed by atoms with E-state index in [2.05, 4.69) is 10.4 Å². The molecule has 0 aliphatic rings. The van der Waals surface area contributed by atoms with E-state index < -0.39 is 17.3 Å². The molecular formula is C17H15F3N4O2S. The maximum Gasteiger partial charge on any atom is 0.368 e. The van der Waals surface area contributed by atoms with Gasteiger partial charge in [0.25, 0.3) is 5.76 Å². The third kappa shape index (κ3) is 4.16. The molecule has 0 radical (unpaired) electrons. The van der Waals surface area contributed by atoms with Crippen molar-refractivity contribution < 1.29 is 17.9 Å². The van der Waals surface area contributed by atoms with E-state index in [0.29, 0.717) is 22.9 Å². The van der Waals surface area contributed by atoms with Crippen molar-refractivity contribution in [3.05, 3.63) is 63.8 Å². The average Bonchev–Trinajstić information content (AvgIpc) is 2.95. The van der Waals surface area contributed by atoms with Crippen LogP contribution in [0.15, 0.2) is 46.1 Å². The van der Waals surface area contributed by atoms with E-state index in [0.717, 1.165) is 9.36 Å². The van der Waals surface area contributed by atoms with Gasteiger partial charge in [-0.2, -0.15) is 18.1 Å². The van der Waals surface area contributed by atoms with Crippen LogP contribution in [-0.4, -0.2) is 25.5 Å². The molecule has 3 rings (SSSR count). The van der Waals surface area contributed by atoms with Gasteiger partial charge in [0.1, 0.15) is 18.2 Å². The maximum absolute atomic E-state index is 13.5. The van der Waals surface area contributed by atoms with E-state index in [1.807, 2.05) is 0 Å².